The molecule has 4 nitrogen and oxygen atoms in total. The number of ketones is 2. The highest BCUT2D eigenvalue weighted by Gasteiger charge is 2.31. The second-order valence-corrected chi connectivity index (χ2v) is 4.32. The number of hydrogen-bond acceptors (Lipinski definition) is 4. The molecule has 1 unspecified atom stereocenters. The van der Waals surface area contributed by atoms with Crippen LogP contribution < -0.4 is 0 Å². The van der Waals surface area contributed by atoms with Gasteiger partial charge in [0.05, 0.1) is 11.5 Å². The van der Waals surface area contributed by atoms with Crippen LogP contribution in [-0.4, -0.2) is 21.8 Å². The Kier molecular flexibility index (Phi) is 3.89. The first-order valence-corrected chi connectivity index (χ1v) is 5.37. The number of aliphatic hydroxyl groups is 2. The molecule has 4 heteroatoms. The fourth-order valence-corrected chi connectivity index (χ4v) is 1.69. The van der Waals surface area contributed by atoms with Crippen molar-refractivity contribution in [1.29, 1.82) is 0 Å². The van der Waals surface area contributed by atoms with Crippen molar-refractivity contribution in [3.63, 3.8) is 0 Å². The standard InChI is InChI=1S/C13H16O4/c1-7(2)4-5-9-10(15)6-11(16)12(8(3)14)13(9)17/h4,6,9,16-17H,5H2,1-3H3. The molecule has 0 fully saturated rings. The van der Waals surface area contributed by atoms with Gasteiger partial charge < -0.3 is 10.2 Å². The first-order chi connectivity index (χ1) is 7.84. The molecule has 0 aromatic heterocycles. The monoisotopic (exact) mass is 236 g/mol. The van der Waals surface area contributed by atoms with Crippen molar-refractivity contribution in [2.24, 2.45) is 5.92 Å². The van der Waals surface area contributed by atoms with Gasteiger partial charge in [0.2, 0.25) is 0 Å². The predicted molar refractivity (Wildman–Crippen MR) is 63.6 cm³/mol. The van der Waals surface area contributed by atoms with Crippen molar-refractivity contribution in [1.82, 2.24) is 0 Å². The van der Waals surface area contributed by atoms with Crippen LogP contribution in [0, 0.1) is 5.92 Å². The summed E-state index contributed by atoms with van der Waals surface area (Å²) in [5.41, 5.74) is 0.866. The molecular formula is C13H16O4. The Morgan fingerprint density at radius 3 is 2.41 bits per heavy atom. The summed E-state index contributed by atoms with van der Waals surface area (Å²) < 4.78 is 0. The number of carbonyl (C=O) groups is 2. The molecule has 0 aliphatic heterocycles. The zero-order chi connectivity index (χ0) is 13.2. The number of allylic oxidation sites excluding steroid dienone is 5. The van der Waals surface area contributed by atoms with Crippen molar-refractivity contribution in [3.05, 3.63) is 34.8 Å². The lowest BCUT2D eigenvalue weighted by Gasteiger charge is -2.19. The van der Waals surface area contributed by atoms with Crippen molar-refractivity contribution in [3.8, 4) is 0 Å². The summed E-state index contributed by atoms with van der Waals surface area (Å²) >= 11 is 0. The van der Waals surface area contributed by atoms with Crippen molar-refractivity contribution >= 4 is 11.6 Å². The molecule has 17 heavy (non-hydrogen) atoms. The Morgan fingerprint density at radius 1 is 1.35 bits per heavy atom. The van der Waals surface area contributed by atoms with Crippen LogP contribution in [0.5, 0.6) is 0 Å². The van der Waals surface area contributed by atoms with E-state index in [2.05, 4.69) is 0 Å². The van der Waals surface area contributed by atoms with Crippen LogP contribution in [0.2, 0.25) is 0 Å². The van der Waals surface area contributed by atoms with Crippen LogP contribution in [0.4, 0.5) is 0 Å². The average Bonchev–Trinajstić information content (AvgIpc) is 2.14. The van der Waals surface area contributed by atoms with Gasteiger partial charge in [-0.05, 0) is 27.2 Å². The van der Waals surface area contributed by atoms with Crippen molar-refractivity contribution in [2.75, 3.05) is 0 Å². The van der Waals surface area contributed by atoms with Gasteiger partial charge in [-0.15, -0.1) is 0 Å². The molecule has 92 valence electrons. The van der Waals surface area contributed by atoms with Crippen molar-refractivity contribution in [2.45, 2.75) is 27.2 Å². The highest BCUT2D eigenvalue weighted by Crippen LogP contribution is 2.28. The zero-order valence-corrected chi connectivity index (χ0v) is 10.2. The van der Waals surface area contributed by atoms with Gasteiger partial charge in [-0.25, -0.2) is 0 Å². The molecular weight excluding hydrogens is 220 g/mol. The van der Waals surface area contributed by atoms with Gasteiger partial charge in [0.1, 0.15) is 11.5 Å². The molecule has 0 bridgehead atoms. The van der Waals surface area contributed by atoms with E-state index in [-0.39, 0.29) is 17.1 Å². The molecule has 1 atom stereocenters. The van der Waals surface area contributed by atoms with Crippen molar-refractivity contribution < 1.29 is 19.8 Å². The lowest BCUT2D eigenvalue weighted by molar-refractivity contribution is -0.118. The number of carbonyl (C=O) groups excluding carboxylic acids is 2. The Morgan fingerprint density at radius 2 is 1.94 bits per heavy atom. The summed E-state index contributed by atoms with van der Waals surface area (Å²) in [5.74, 6) is -2.39. The molecule has 1 aliphatic carbocycles. The van der Waals surface area contributed by atoms with E-state index in [1.165, 1.54) is 6.92 Å². The highest BCUT2D eigenvalue weighted by molar-refractivity contribution is 6.05. The fraction of sp³-hybridized carbons (Fsp3) is 0.385. The van der Waals surface area contributed by atoms with E-state index < -0.39 is 17.5 Å². The Hall–Kier alpha value is -1.84. The summed E-state index contributed by atoms with van der Waals surface area (Å²) in [5, 5.41) is 19.3. The third kappa shape index (κ3) is 2.84. The van der Waals surface area contributed by atoms with Gasteiger partial charge >= 0.3 is 0 Å². The van der Waals surface area contributed by atoms with Gasteiger partial charge in [0.25, 0.3) is 0 Å². The smallest absolute Gasteiger partial charge is 0.170 e. The summed E-state index contributed by atoms with van der Waals surface area (Å²) in [6.07, 6.45) is 3.14. The minimum Gasteiger partial charge on any atom is -0.511 e. The molecule has 0 aromatic carbocycles. The van der Waals surface area contributed by atoms with E-state index in [1.54, 1.807) is 0 Å². The molecule has 0 heterocycles. The second-order valence-electron chi connectivity index (χ2n) is 4.32. The highest BCUT2D eigenvalue weighted by atomic mass is 16.3. The van der Waals surface area contributed by atoms with Crippen LogP contribution in [0.15, 0.2) is 34.8 Å². The van der Waals surface area contributed by atoms with Crippen LogP contribution in [0.3, 0.4) is 0 Å². The fourth-order valence-electron chi connectivity index (χ4n) is 1.69. The van der Waals surface area contributed by atoms with E-state index in [9.17, 15) is 19.8 Å². The largest absolute Gasteiger partial charge is 0.511 e. The van der Waals surface area contributed by atoms with E-state index in [0.29, 0.717) is 6.42 Å². The molecule has 1 rings (SSSR count). The van der Waals surface area contributed by atoms with E-state index >= 15 is 0 Å². The Bertz CT molecular complexity index is 448. The first-order valence-electron chi connectivity index (χ1n) is 5.37. The summed E-state index contributed by atoms with van der Waals surface area (Å²) in [6.45, 7) is 5.00. The third-order valence-electron chi connectivity index (χ3n) is 2.58. The van der Waals surface area contributed by atoms with Gasteiger partial charge in [0.15, 0.2) is 11.6 Å². The zero-order valence-electron chi connectivity index (χ0n) is 10.2. The first kappa shape index (κ1) is 13.2. The number of rotatable bonds is 3. The lowest BCUT2D eigenvalue weighted by Crippen LogP contribution is -2.23. The van der Waals surface area contributed by atoms with Crippen LogP contribution >= 0.6 is 0 Å². The minimum atomic E-state index is -0.764. The topological polar surface area (TPSA) is 74.6 Å². The molecule has 0 saturated heterocycles. The van der Waals surface area contributed by atoms with Gasteiger partial charge in [-0.1, -0.05) is 11.6 Å². The van der Waals surface area contributed by atoms with Crippen LogP contribution in [0.1, 0.15) is 27.2 Å². The van der Waals surface area contributed by atoms with Crippen LogP contribution in [-0.2, 0) is 9.59 Å². The molecule has 2 N–H and O–H groups in total. The van der Waals surface area contributed by atoms with Gasteiger partial charge in [-0.3, -0.25) is 9.59 Å². The third-order valence-corrected chi connectivity index (χ3v) is 2.58. The quantitative estimate of drug-likeness (QED) is 0.738. The minimum absolute atomic E-state index is 0.156. The second kappa shape index (κ2) is 4.99. The van der Waals surface area contributed by atoms with Crippen LogP contribution in [0.25, 0.3) is 0 Å². The summed E-state index contributed by atoms with van der Waals surface area (Å²) in [4.78, 5) is 22.9. The van der Waals surface area contributed by atoms with E-state index in [4.69, 9.17) is 0 Å². The molecule has 0 radical (unpaired) electrons. The Balaban J connectivity index is 3.12. The number of hydrogen-bond donors (Lipinski definition) is 2. The molecule has 0 amide bonds. The number of aliphatic hydroxyl groups excluding tert-OH is 2. The molecule has 1 aliphatic rings. The molecule has 0 aromatic rings. The lowest BCUT2D eigenvalue weighted by atomic mass is 9.87. The van der Waals surface area contributed by atoms with Gasteiger partial charge in [-0.2, -0.15) is 0 Å². The maximum absolute atomic E-state index is 11.6. The van der Waals surface area contributed by atoms with E-state index in [1.807, 2.05) is 19.9 Å². The molecule has 0 saturated carbocycles. The SMILES string of the molecule is CC(=O)C1=C(O)C(CC=C(C)C)C(=O)C=C1O. The maximum atomic E-state index is 11.6. The summed E-state index contributed by atoms with van der Waals surface area (Å²) in [6, 6.07) is 0. The average molecular weight is 236 g/mol. The molecule has 0 spiro atoms. The maximum Gasteiger partial charge on any atom is 0.170 e. The van der Waals surface area contributed by atoms with Gasteiger partial charge in [0, 0.05) is 6.08 Å². The number of Topliss-reactive ketones (excluding diaryl/α,β-unsaturated/α-hetero) is 1. The normalized spacial score (nSPS) is 20.1. The van der Waals surface area contributed by atoms with E-state index in [0.717, 1.165) is 11.6 Å². The summed E-state index contributed by atoms with van der Waals surface area (Å²) in [7, 11) is 0. The predicted octanol–water partition coefficient (Wildman–Crippen LogP) is 2.38. The Labute approximate surface area is 100.0 Å².